The van der Waals surface area contributed by atoms with E-state index < -0.39 is 35.2 Å². The van der Waals surface area contributed by atoms with Crippen molar-refractivity contribution in [2.24, 2.45) is 0 Å². The summed E-state index contributed by atoms with van der Waals surface area (Å²) in [6.45, 7) is -0.603. The van der Waals surface area contributed by atoms with Crippen molar-refractivity contribution in [1.82, 2.24) is 4.90 Å². The van der Waals surface area contributed by atoms with Gasteiger partial charge in [-0.1, -0.05) is 15.9 Å². The molecule has 2 aromatic carbocycles. The molecule has 2 aromatic rings. The molecule has 1 heterocycles. The molecule has 3 rings (SSSR count). The maximum atomic E-state index is 13.7. The van der Waals surface area contributed by atoms with Gasteiger partial charge in [0.2, 0.25) is 5.91 Å². The number of rotatable bonds is 5. The lowest BCUT2D eigenvalue weighted by Gasteiger charge is -2.13. The monoisotopic (exact) mass is 482 g/mol. The second-order valence-corrected chi connectivity index (χ2v) is 7.74. The Bertz CT molecular complexity index is 1040. The van der Waals surface area contributed by atoms with Gasteiger partial charge in [-0.25, -0.2) is 8.78 Å². The van der Waals surface area contributed by atoms with Crippen LogP contribution in [-0.4, -0.2) is 35.6 Å². The lowest BCUT2D eigenvalue weighted by Crippen LogP contribution is -2.36. The average Bonchev–Trinajstić information content (AvgIpc) is 2.92. The number of hydrogen-bond acceptors (Lipinski definition) is 5. The van der Waals surface area contributed by atoms with E-state index in [1.54, 1.807) is 18.2 Å². The smallest absolute Gasteiger partial charge is 0.294 e. The summed E-state index contributed by atoms with van der Waals surface area (Å²) < 4.78 is 32.6. The van der Waals surface area contributed by atoms with Crippen LogP contribution in [0.1, 0.15) is 5.56 Å². The van der Waals surface area contributed by atoms with Gasteiger partial charge in [0.15, 0.2) is 0 Å². The minimum atomic E-state index is -0.964. The minimum Gasteiger partial charge on any atom is -0.496 e. The first-order valence-corrected chi connectivity index (χ1v) is 9.73. The van der Waals surface area contributed by atoms with E-state index in [1.807, 2.05) is 0 Å². The van der Waals surface area contributed by atoms with Crippen molar-refractivity contribution in [2.75, 3.05) is 19.0 Å². The van der Waals surface area contributed by atoms with Crippen molar-refractivity contribution in [2.45, 2.75) is 0 Å². The van der Waals surface area contributed by atoms with Gasteiger partial charge in [0.25, 0.3) is 11.1 Å². The molecule has 29 heavy (non-hydrogen) atoms. The molecule has 0 aromatic heterocycles. The van der Waals surface area contributed by atoms with Crippen LogP contribution in [0.2, 0.25) is 0 Å². The number of benzene rings is 2. The molecule has 0 bridgehead atoms. The molecule has 0 atom stereocenters. The summed E-state index contributed by atoms with van der Waals surface area (Å²) in [4.78, 5) is 37.8. The highest BCUT2D eigenvalue weighted by Crippen LogP contribution is 2.34. The maximum absolute atomic E-state index is 13.7. The molecule has 0 radical (unpaired) electrons. The van der Waals surface area contributed by atoms with Crippen LogP contribution in [0, 0.1) is 11.6 Å². The van der Waals surface area contributed by atoms with Gasteiger partial charge in [0, 0.05) is 16.1 Å². The molecule has 3 amide bonds. The summed E-state index contributed by atoms with van der Waals surface area (Å²) in [5.74, 6) is -2.70. The predicted molar refractivity (Wildman–Crippen MR) is 108 cm³/mol. The lowest BCUT2D eigenvalue weighted by molar-refractivity contribution is -0.127. The van der Waals surface area contributed by atoms with E-state index >= 15 is 0 Å². The van der Waals surface area contributed by atoms with Gasteiger partial charge in [-0.2, -0.15) is 0 Å². The van der Waals surface area contributed by atoms with Crippen LogP contribution in [-0.2, 0) is 9.59 Å². The van der Waals surface area contributed by atoms with Gasteiger partial charge in [-0.15, -0.1) is 0 Å². The van der Waals surface area contributed by atoms with E-state index in [2.05, 4.69) is 21.2 Å². The molecular formula is C19H13BrF2N2O4S. The third-order valence-electron chi connectivity index (χ3n) is 3.86. The van der Waals surface area contributed by atoms with Crippen molar-refractivity contribution in [3.63, 3.8) is 0 Å². The summed E-state index contributed by atoms with van der Waals surface area (Å²) in [6, 6.07) is 7.83. The number of anilines is 1. The minimum absolute atomic E-state index is 0.118. The number of imide groups is 1. The number of carbonyl (C=O) groups is 3. The summed E-state index contributed by atoms with van der Waals surface area (Å²) in [6.07, 6.45) is 1.49. The van der Waals surface area contributed by atoms with Crippen molar-refractivity contribution in [3.8, 4) is 5.75 Å². The van der Waals surface area contributed by atoms with E-state index in [1.165, 1.54) is 13.2 Å². The second kappa shape index (κ2) is 8.75. The van der Waals surface area contributed by atoms with Crippen molar-refractivity contribution in [1.29, 1.82) is 0 Å². The van der Waals surface area contributed by atoms with Crippen LogP contribution in [0.5, 0.6) is 5.75 Å². The third-order valence-corrected chi connectivity index (χ3v) is 5.26. The lowest BCUT2D eigenvalue weighted by atomic mass is 10.2. The normalized spacial score (nSPS) is 15.2. The first-order valence-electron chi connectivity index (χ1n) is 8.12. The Morgan fingerprint density at radius 1 is 1.24 bits per heavy atom. The molecule has 1 fully saturated rings. The Morgan fingerprint density at radius 2 is 2.00 bits per heavy atom. The number of carbonyl (C=O) groups excluding carboxylic acids is 3. The van der Waals surface area contributed by atoms with Crippen LogP contribution < -0.4 is 10.1 Å². The Hall–Kier alpha value is -2.72. The first kappa shape index (κ1) is 21.0. The number of ether oxygens (including phenoxy) is 1. The molecule has 1 aliphatic heterocycles. The van der Waals surface area contributed by atoms with Gasteiger partial charge >= 0.3 is 0 Å². The zero-order valence-electron chi connectivity index (χ0n) is 14.9. The second-order valence-electron chi connectivity index (χ2n) is 5.83. The summed E-state index contributed by atoms with van der Waals surface area (Å²) >= 11 is 4.01. The molecule has 6 nitrogen and oxygen atoms in total. The fraction of sp³-hybridized carbons (Fsp3) is 0.105. The van der Waals surface area contributed by atoms with E-state index in [4.69, 9.17) is 4.74 Å². The summed E-state index contributed by atoms with van der Waals surface area (Å²) in [7, 11) is 1.48. The van der Waals surface area contributed by atoms with Gasteiger partial charge in [-0.3, -0.25) is 19.3 Å². The Morgan fingerprint density at radius 3 is 2.69 bits per heavy atom. The Labute approximate surface area is 177 Å². The third kappa shape index (κ3) is 4.83. The fourth-order valence-corrected chi connectivity index (χ4v) is 3.73. The highest BCUT2D eigenvalue weighted by atomic mass is 79.9. The number of thioether (sulfide) groups is 1. The number of nitrogens with one attached hydrogen (secondary N) is 1. The summed E-state index contributed by atoms with van der Waals surface area (Å²) in [5, 5.41) is 1.58. The molecule has 0 saturated carbocycles. The SMILES string of the molecule is COc1ccc(Br)cc1/C=C1/SC(=O)N(CC(=O)Nc2ccc(F)cc2F)C1=O. The highest BCUT2D eigenvalue weighted by Gasteiger charge is 2.36. The van der Waals surface area contributed by atoms with Gasteiger partial charge in [0.05, 0.1) is 17.7 Å². The molecule has 150 valence electrons. The molecule has 0 aliphatic carbocycles. The fourth-order valence-electron chi connectivity index (χ4n) is 2.52. The standard InChI is InChI=1S/C19H13BrF2N2O4S/c1-28-15-5-2-11(20)6-10(15)7-16-18(26)24(19(27)29-16)9-17(25)23-14-4-3-12(21)8-13(14)22/h2-8H,9H2,1H3,(H,23,25)/b16-7+. The number of halogens is 3. The van der Waals surface area contributed by atoms with E-state index in [0.29, 0.717) is 29.1 Å². The van der Waals surface area contributed by atoms with E-state index in [9.17, 15) is 23.2 Å². The molecule has 1 aliphatic rings. The maximum Gasteiger partial charge on any atom is 0.294 e. The molecule has 1 N–H and O–H groups in total. The number of hydrogen-bond donors (Lipinski definition) is 1. The van der Waals surface area contributed by atoms with Gasteiger partial charge in [0.1, 0.15) is 23.9 Å². The zero-order valence-corrected chi connectivity index (χ0v) is 17.3. The molecule has 10 heteroatoms. The molecule has 0 unspecified atom stereocenters. The topological polar surface area (TPSA) is 75.7 Å². The molecule has 1 saturated heterocycles. The Balaban J connectivity index is 1.75. The predicted octanol–water partition coefficient (Wildman–Crippen LogP) is 4.41. The van der Waals surface area contributed by atoms with Crippen molar-refractivity contribution >= 4 is 56.5 Å². The largest absolute Gasteiger partial charge is 0.496 e. The van der Waals surface area contributed by atoms with Gasteiger partial charge < -0.3 is 10.1 Å². The van der Waals surface area contributed by atoms with E-state index in [-0.39, 0.29) is 10.6 Å². The number of nitrogens with zero attached hydrogens (tertiary/aromatic N) is 1. The zero-order chi connectivity index (χ0) is 21.1. The van der Waals surface area contributed by atoms with Crippen LogP contribution >= 0.6 is 27.7 Å². The number of amides is 3. The van der Waals surface area contributed by atoms with Crippen LogP contribution in [0.15, 0.2) is 45.8 Å². The average molecular weight is 483 g/mol. The molecular weight excluding hydrogens is 470 g/mol. The summed E-state index contributed by atoms with van der Waals surface area (Å²) in [5.41, 5.74) is 0.322. The van der Waals surface area contributed by atoms with Crippen LogP contribution in [0.3, 0.4) is 0 Å². The van der Waals surface area contributed by atoms with E-state index in [0.717, 1.165) is 21.5 Å². The van der Waals surface area contributed by atoms with Crippen LogP contribution in [0.25, 0.3) is 6.08 Å². The first-order chi connectivity index (χ1) is 13.8. The van der Waals surface area contributed by atoms with Crippen molar-refractivity contribution < 1.29 is 27.9 Å². The highest BCUT2D eigenvalue weighted by molar-refractivity contribution is 9.10. The van der Waals surface area contributed by atoms with Crippen molar-refractivity contribution in [3.05, 3.63) is 63.0 Å². The van der Waals surface area contributed by atoms with Gasteiger partial charge in [-0.05, 0) is 48.2 Å². The van der Waals surface area contributed by atoms with Crippen LogP contribution in [0.4, 0.5) is 19.3 Å². The quantitative estimate of drug-likeness (QED) is 0.638. The Kier molecular flexibility index (Phi) is 6.33. The molecule has 0 spiro atoms. The number of methoxy groups -OCH3 is 1.